The maximum Gasteiger partial charge on any atom is 0.0497 e. The summed E-state index contributed by atoms with van der Waals surface area (Å²) in [4.78, 5) is 0. The summed E-state index contributed by atoms with van der Waals surface area (Å²) < 4.78 is 0. The van der Waals surface area contributed by atoms with Crippen molar-refractivity contribution in [1.29, 1.82) is 0 Å². The molecule has 0 radical (unpaired) electrons. The number of hydrogen-bond acceptors (Lipinski definition) is 1. The van der Waals surface area contributed by atoms with E-state index in [9.17, 15) is 0 Å². The second-order valence-corrected chi connectivity index (χ2v) is 6.23. The van der Waals surface area contributed by atoms with Gasteiger partial charge in [-0.15, -0.1) is 0 Å². The molecule has 2 atom stereocenters. The van der Waals surface area contributed by atoms with Crippen LogP contribution in [-0.4, -0.2) is 5.54 Å². The van der Waals surface area contributed by atoms with E-state index in [-0.39, 0.29) is 11.0 Å². The zero-order chi connectivity index (χ0) is 13.0. The summed E-state index contributed by atoms with van der Waals surface area (Å²) in [5.41, 5.74) is 11.5. The maximum absolute atomic E-state index is 6.54. The van der Waals surface area contributed by atoms with Crippen molar-refractivity contribution >= 4 is 0 Å². The van der Waals surface area contributed by atoms with E-state index in [0.717, 1.165) is 5.57 Å². The smallest absolute Gasteiger partial charge is 0.0497 e. The Morgan fingerprint density at radius 2 is 1.65 bits per heavy atom. The van der Waals surface area contributed by atoms with E-state index in [1.807, 2.05) is 6.92 Å². The molecule has 1 aliphatic rings. The molecule has 0 aliphatic heterocycles. The summed E-state index contributed by atoms with van der Waals surface area (Å²) in [6.45, 7) is 14.9. The van der Waals surface area contributed by atoms with Crippen molar-refractivity contribution < 1.29 is 0 Å². The number of nitrogens with two attached hydrogens (primary N) is 1. The second kappa shape index (κ2) is 3.46. The quantitative estimate of drug-likeness (QED) is 0.769. The van der Waals surface area contributed by atoms with Gasteiger partial charge in [-0.25, -0.2) is 0 Å². The predicted octanol–water partition coefficient (Wildman–Crippen LogP) is 3.70. The van der Waals surface area contributed by atoms with Crippen LogP contribution in [0.1, 0.15) is 43.4 Å². The molecule has 1 fully saturated rings. The first-order valence-corrected chi connectivity index (χ1v) is 6.24. The molecular weight excluding hydrogens is 206 g/mol. The average Bonchev–Trinajstić information content (AvgIpc) is 2.60. The molecule has 1 aliphatic carbocycles. The molecule has 0 spiro atoms. The SMILES string of the molecule is C=C(C)[C@@]1(N)[C@H](c2cc(C)cc(C)c2)C1(C)C. The largest absolute Gasteiger partial charge is 0.321 e. The van der Waals surface area contributed by atoms with Gasteiger partial charge < -0.3 is 5.73 Å². The molecule has 0 aromatic heterocycles. The standard InChI is InChI=1S/C16H23N/c1-10(2)16(17)14(15(16,5)6)13-8-11(3)7-12(4)9-13/h7-9,14H,1,17H2,2-6H3/t14-,16-/m1/s1. The fraction of sp³-hybridized carbons (Fsp3) is 0.500. The summed E-state index contributed by atoms with van der Waals surface area (Å²) >= 11 is 0. The van der Waals surface area contributed by atoms with E-state index in [0.29, 0.717) is 5.92 Å². The highest BCUT2D eigenvalue weighted by Gasteiger charge is 2.69. The zero-order valence-electron chi connectivity index (χ0n) is 11.6. The Morgan fingerprint density at radius 1 is 1.18 bits per heavy atom. The molecule has 2 N–H and O–H groups in total. The van der Waals surface area contributed by atoms with Crippen molar-refractivity contribution in [1.82, 2.24) is 0 Å². The Bertz CT molecular complexity index is 464. The lowest BCUT2D eigenvalue weighted by Gasteiger charge is -2.14. The molecule has 1 aromatic rings. The van der Waals surface area contributed by atoms with Crippen molar-refractivity contribution in [3.63, 3.8) is 0 Å². The van der Waals surface area contributed by atoms with Crippen LogP contribution in [0.5, 0.6) is 0 Å². The molecule has 0 amide bonds. The van der Waals surface area contributed by atoms with Crippen molar-refractivity contribution in [3.8, 4) is 0 Å². The second-order valence-electron chi connectivity index (χ2n) is 6.23. The molecule has 1 heteroatoms. The minimum atomic E-state index is -0.243. The molecule has 1 saturated carbocycles. The molecule has 17 heavy (non-hydrogen) atoms. The van der Waals surface area contributed by atoms with E-state index in [4.69, 9.17) is 5.73 Å². The van der Waals surface area contributed by atoms with Gasteiger partial charge in [-0.2, -0.15) is 0 Å². The van der Waals surface area contributed by atoms with Crippen molar-refractivity contribution in [2.75, 3.05) is 0 Å². The lowest BCUT2D eigenvalue weighted by Crippen LogP contribution is -2.30. The van der Waals surface area contributed by atoms with Crippen LogP contribution < -0.4 is 5.73 Å². The zero-order valence-corrected chi connectivity index (χ0v) is 11.6. The van der Waals surface area contributed by atoms with Crippen LogP contribution >= 0.6 is 0 Å². The fourth-order valence-electron chi connectivity index (χ4n) is 3.45. The highest BCUT2D eigenvalue weighted by atomic mass is 14.9. The van der Waals surface area contributed by atoms with Gasteiger partial charge in [0.2, 0.25) is 0 Å². The topological polar surface area (TPSA) is 26.0 Å². The van der Waals surface area contributed by atoms with E-state index in [1.165, 1.54) is 16.7 Å². The molecule has 0 unspecified atom stereocenters. The summed E-state index contributed by atoms with van der Waals surface area (Å²) in [5, 5.41) is 0. The third kappa shape index (κ3) is 1.56. The molecule has 1 aromatic carbocycles. The number of rotatable bonds is 2. The molecule has 92 valence electrons. The van der Waals surface area contributed by atoms with Crippen molar-refractivity contribution in [2.45, 2.75) is 46.1 Å². The number of hydrogen-bond donors (Lipinski definition) is 1. The first-order valence-electron chi connectivity index (χ1n) is 6.24. The van der Waals surface area contributed by atoms with Gasteiger partial charge in [0.05, 0.1) is 0 Å². The Morgan fingerprint density at radius 3 is 2.00 bits per heavy atom. The Balaban J connectivity index is 2.47. The molecule has 0 bridgehead atoms. The Labute approximate surface area is 105 Å². The molecular formula is C16H23N. The summed E-state index contributed by atoms with van der Waals surface area (Å²) in [6.07, 6.45) is 0. The van der Waals surface area contributed by atoms with E-state index >= 15 is 0 Å². The van der Waals surface area contributed by atoms with Gasteiger partial charge in [0.25, 0.3) is 0 Å². The van der Waals surface area contributed by atoms with Gasteiger partial charge >= 0.3 is 0 Å². The first-order chi connectivity index (χ1) is 7.71. The summed E-state index contributed by atoms with van der Waals surface area (Å²) in [5.74, 6) is 0.395. The highest BCUT2D eigenvalue weighted by molar-refractivity contribution is 5.49. The van der Waals surface area contributed by atoms with Crippen molar-refractivity contribution in [2.24, 2.45) is 11.1 Å². The van der Waals surface area contributed by atoms with E-state index in [1.54, 1.807) is 0 Å². The van der Waals surface area contributed by atoms with E-state index in [2.05, 4.69) is 52.5 Å². The Hall–Kier alpha value is -1.08. The van der Waals surface area contributed by atoms with Crippen LogP contribution in [-0.2, 0) is 0 Å². The lowest BCUT2D eigenvalue weighted by molar-refractivity contribution is 0.539. The van der Waals surface area contributed by atoms with Gasteiger partial charge in [0, 0.05) is 11.5 Å². The summed E-state index contributed by atoms with van der Waals surface area (Å²) in [6, 6.07) is 6.73. The van der Waals surface area contributed by atoms with Crippen molar-refractivity contribution in [3.05, 3.63) is 47.0 Å². The fourth-order valence-corrected chi connectivity index (χ4v) is 3.45. The third-order valence-corrected chi connectivity index (χ3v) is 4.44. The van der Waals surface area contributed by atoms with Crippen LogP contribution in [0.25, 0.3) is 0 Å². The van der Waals surface area contributed by atoms with Crippen LogP contribution in [0.15, 0.2) is 30.4 Å². The average molecular weight is 229 g/mol. The molecule has 2 rings (SSSR count). The van der Waals surface area contributed by atoms with Crippen LogP contribution in [0, 0.1) is 19.3 Å². The van der Waals surface area contributed by atoms with Gasteiger partial charge in [-0.05, 0) is 31.7 Å². The number of benzene rings is 1. The van der Waals surface area contributed by atoms with Gasteiger partial charge in [-0.3, -0.25) is 0 Å². The van der Waals surface area contributed by atoms with E-state index < -0.39 is 0 Å². The van der Waals surface area contributed by atoms with Gasteiger partial charge in [-0.1, -0.05) is 55.3 Å². The third-order valence-electron chi connectivity index (χ3n) is 4.44. The predicted molar refractivity (Wildman–Crippen MR) is 74.2 cm³/mol. The molecule has 0 saturated heterocycles. The van der Waals surface area contributed by atoms with Crippen LogP contribution in [0.2, 0.25) is 0 Å². The monoisotopic (exact) mass is 229 g/mol. The molecule has 0 heterocycles. The minimum Gasteiger partial charge on any atom is -0.321 e. The van der Waals surface area contributed by atoms with Gasteiger partial charge in [0.15, 0.2) is 0 Å². The normalized spacial score (nSPS) is 30.1. The minimum absolute atomic E-state index is 0.110. The summed E-state index contributed by atoms with van der Waals surface area (Å²) in [7, 11) is 0. The van der Waals surface area contributed by atoms with Gasteiger partial charge in [0.1, 0.15) is 0 Å². The molecule has 1 nitrogen and oxygen atoms in total. The lowest BCUT2D eigenvalue weighted by atomic mass is 9.99. The highest BCUT2D eigenvalue weighted by Crippen LogP contribution is 2.68. The maximum atomic E-state index is 6.54. The van der Waals surface area contributed by atoms with Crippen LogP contribution in [0.3, 0.4) is 0 Å². The Kier molecular flexibility index (Phi) is 2.52. The van der Waals surface area contributed by atoms with Crippen LogP contribution in [0.4, 0.5) is 0 Å². The first kappa shape index (κ1) is 12.4. The number of aryl methyl sites for hydroxylation is 2.